The van der Waals surface area contributed by atoms with Crippen molar-refractivity contribution in [3.05, 3.63) is 0 Å². The van der Waals surface area contributed by atoms with E-state index >= 15 is 0 Å². The van der Waals surface area contributed by atoms with E-state index < -0.39 is 135 Å². The molecular formula is C65H118N10O27. The maximum absolute atomic E-state index is 13.4. The van der Waals surface area contributed by atoms with Gasteiger partial charge in [-0.2, -0.15) is 0 Å². The molecule has 590 valence electrons. The summed E-state index contributed by atoms with van der Waals surface area (Å²) in [6, 6.07) is -3.26. The van der Waals surface area contributed by atoms with Crippen LogP contribution in [0, 0.1) is 0 Å². The Kier molecular flexibility index (Phi) is 45.9. The van der Waals surface area contributed by atoms with Gasteiger partial charge >= 0.3 is 0 Å². The van der Waals surface area contributed by atoms with Gasteiger partial charge in [-0.15, -0.1) is 0 Å². The van der Waals surface area contributed by atoms with Crippen molar-refractivity contribution in [3.8, 4) is 0 Å². The molecule has 3 saturated heterocycles. The Morgan fingerprint density at radius 3 is 0.912 bits per heavy atom. The Bertz CT molecular complexity index is 2200. The molecule has 0 spiro atoms. The first-order valence-corrected chi connectivity index (χ1v) is 35.4. The molecule has 37 heteroatoms. The quantitative estimate of drug-likeness (QED) is 0.0252. The summed E-state index contributed by atoms with van der Waals surface area (Å²) < 4.78 is 50.4. The highest BCUT2D eigenvalue weighted by Gasteiger charge is 2.48. The zero-order chi connectivity index (χ0) is 75.4. The van der Waals surface area contributed by atoms with Crippen LogP contribution in [-0.2, 0) is 85.8 Å². The number of aliphatic hydroxyl groups is 9. The third-order valence-electron chi connectivity index (χ3n) is 17.1. The fourth-order valence-electron chi connectivity index (χ4n) is 11.3. The number of amides is 9. The molecule has 102 heavy (non-hydrogen) atoms. The Balaban J connectivity index is 1.43. The second-order valence-electron chi connectivity index (χ2n) is 25.6. The van der Waals surface area contributed by atoms with Crippen LogP contribution in [0.4, 0.5) is 0 Å². The van der Waals surface area contributed by atoms with Crippen molar-refractivity contribution >= 4 is 53.2 Å². The largest absolute Gasteiger partial charge is 0.394 e. The number of unbranched alkanes of at least 4 members (excludes halogenated alkanes) is 6. The minimum atomic E-state index is -1.43. The molecule has 0 aliphatic carbocycles. The molecule has 3 aliphatic rings. The first-order chi connectivity index (χ1) is 48.8. The average molecular weight is 1470 g/mol. The molecular weight excluding hydrogens is 1350 g/mol. The number of aliphatic hydroxyl groups excluding tert-OH is 9. The van der Waals surface area contributed by atoms with Crippen molar-refractivity contribution in [1.29, 1.82) is 0 Å². The molecule has 0 bridgehead atoms. The molecule has 0 aromatic heterocycles. The van der Waals surface area contributed by atoms with Gasteiger partial charge in [-0.3, -0.25) is 43.2 Å². The monoisotopic (exact) mass is 1470 g/mol. The minimum absolute atomic E-state index is 0.00526. The van der Waals surface area contributed by atoms with Crippen LogP contribution in [0.1, 0.15) is 137 Å². The summed E-state index contributed by atoms with van der Waals surface area (Å²) in [5.74, 6) is -3.54. The summed E-state index contributed by atoms with van der Waals surface area (Å²) in [7, 11) is 0. The van der Waals surface area contributed by atoms with E-state index in [-0.39, 0.29) is 159 Å². The molecule has 19 N–H and O–H groups in total. The van der Waals surface area contributed by atoms with Crippen LogP contribution in [0.25, 0.3) is 0 Å². The van der Waals surface area contributed by atoms with Crippen molar-refractivity contribution in [2.75, 3.05) is 119 Å². The lowest BCUT2D eigenvalue weighted by atomic mass is 9.82. The first-order valence-electron chi connectivity index (χ1n) is 35.4. The predicted molar refractivity (Wildman–Crippen MR) is 359 cm³/mol. The van der Waals surface area contributed by atoms with Crippen molar-refractivity contribution in [3.63, 3.8) is 0 Å². The third-order valence-corrected chi connectivity index (χ3v) is 17.1. The summed E-state index contributed by atoms with van der Waals surface area (Å²) in [6.07, 6.45) is -8.66. The number of carbonyl (C=O) groups excluding carboxylic acids is 9. The summed E-state index contributed by atoms with van der Waals surface area (Å²) in [5.41, 5.74) is -0.901. The molecule has 0 aromatic rings. The second-order valence-corrected chi connectivity index (χ2v) is 25.6. The predicted octanol–water partition coefficient (Wildman–Crippen LogP) is -6.41. The van der Waals surface area contributed by atoms with Crippen LogP contribution in [0.15, 0.2) is 0 Å². The van der Waals surface area contributed by atoms with Crippen molar-refractivity contribution in [2.45, 2.75) is 241 Å². The van der Waals surface area contributed by atoms with Crippen LogP contribution in [0.3, 0.4) is 0 Å². The first kappa shape index (κ1) is 90.7. The molecule has 3 rings (SSSR count). The summed E-state index contributed by atoms with van der Waals surface area (Å²) in [5, 5.41) is 118. The number of rotatable bonds is 54. The Labute approximate surface area is 595 Å². The fourth-order valence-corrected chi connectivity index (χ4v) is 11.3. The van der Waals surface area contributed by atoms with Gasteiger partial charge in [-0.05, 0) is 90.4 Å². The van der Waals surface area contributed by atoms with E-state index in [4.69, 9.17) is 42.6 Å². The maximum Gasteiger partial charge on any atom is 0.245 e. The molecule has 9 amide bonds. The minimum Gasteiger partial charge on any atom is -0.394 e. The van der Waals surface area contributed by atoms with E-state index in [2.05, 4.69) is 53.2 Å². The Morgan fingerprint density at radius 2 is 0.657 bits per heavy atom. The highest BCUT2D eigenvalue weighted by Crippen LogP contribution is 2.29. The molecule has 16 atom stereocenters. The maximum atomic E-state index is 13.4. The van der Waals surface area contributed by atoms with Crippen LogP contribution in [0.5, 0.6) is 0 Å². The number of carbonyl (C=O) groups is 9. The highest BCUT2D eigenvalue weighted by molar-refractivity contribution is 5.79. The van der Waals surface area contributed by atoms with E-state index in [1.165, 1.54) is 20.8 Å². The lowest BCUT2D eigenvalue weighted by molar-refractivity contribution is -0.270. The second kappa shape index (κ2) is 51.6. The van der Waals surface area contributed by atoms with Gasteiger partial charge in [0.05, 0.1) is 39.6 Å². The third kappa shape index (κ3) is 36.0. The van der Waals surface area contributed by atoms with E-state index in [0.29, 0.717) is 83.8 Å². The SMILES string of the molecule is CCC(C)NC(CCC(=O)NCCOCC(=O)NCCCCCO[C@@H]1O[C@H](CO)[C@H](O)[C@H](O)[C@H]1NC(C)=O)(CCC(=O)NCCOCC(=O)NCCCCCO[C@@H]1O[C@H](CO)[C@H](O)[C@H](O)[C@H]1NC(C)=O)CCC(=O)NCCOCC(=O)NCCCCCO[C@@H]1O[C@H](CO)[C@H](O)[C@H](O)[C@H]1NC(C)=O. The van der Waals surface area contributed by atoms with Gasteiger partial charge in [-0.25, -0.2) is 0 Å². The van der Waals surface area contributed by atoms with Crippen molar-refractivity contribution in [2.24, 2.45) is 0 Å². The molecule has 0 radical (unpaired) electrons. The molecule has 0 saturated carbocycles. The normalized spacial score (nSPS) is 25.3. The lowest BCUT2D eigenvalue weighted by Gasteiger charge is -2.42. The molecule has 37 nitrogen and oxygen atoms in total. The van der Waals surface area contributed by atoms with Crippen LogP contribution < -0.4 is 53.2 Å². The lowest BCUT2D eigenvalue weighted by Crippen LogP contribution is -2.64. The van der Waals surface area contributed by atoms with Gasteiger partial charge in [0.2, 0.25) is 53.2 Å². The van der Waals surface area contributed by atoms with Gasteiger partial charge < -0.3 is 142 Å². The van der Waals surface area contributed by atoms with Crippen LogP contribution in [-0.4, -0.2) is 321 Å². The summed E-state index contributed by atoms with van der Waals surface area (Å²) in [6.45, 7) is 6.94. The zero-order valence-electron chi connectivity index (χ0n) is 59.7. The zero-order valence-corrected chi connectivity index (χ0v) is 59.7. The molecule has 3 aliphatic heterocycles. The summed E-state index contributed by atoms with van der Waals surface area (Å²) in [4.78, 5) is 113. The van der Waals surface area contributed by atoms with Crippen molar-refractivity contribution in [1.82, 2.24) is 53.2 Å². The summed E-state index contributed by atoms with van der Waals surface area (Å²) >= 11 is 0. The standard InChI is InChI=1S/C65H118N10O27/c1-6-40(2)75-65(19-16-47(82)69-25-31-94-37-50(85)66-22-10-7-13-28-97-62-53(72-41(3)79)59(91)56(88)44(34-76)100-62,20-17-48(83)70-26-32-95-38-51(86)67-23-11-8-14-29-98-63-54(73-42(4)80)60(92)57(89)45(35-77)101-63)21-18-49(84)71-27-33-96-39-52(87)68-24-12-9-15-30-99-64-55(74-43(5)81)61(93)58(90)46(36-78)102-64/h40,44-46,53-64,75-78,88-93H,6-39H2,1-5H3,(H,66,85)(H,67,86)(H,68,87)(H,69,82)(H,70,83)(H,71,84)(H,72,79)(H,73,80)(H,74,81)/t40?,44-,45-,46-,53-,54-,55-,56+,57+,58+,59-,60-,61-,62-,63-,64-/m1/s1. The Hall–Kier alpha value is -5.53. The number of nitrogens with one attached hydrogen (secondary N) is 10. The van der Waals surface area contributed by atoms with Crippen molar-refractivity contribution < 1.29 is 132 Å². The molecule has 1 unspecified atom stereocenters. The Morgan fingerprint density at radius 1 is 0.382 bits per heavy atom. The van der Waals surface area contributed by atoms with E-state index in [9.17, 15) is 89.1 Å². The van der Waals surface area contributed by atoms with Crippen LogP contribution >= 0.6 is 0 Å². The molecule has 3 heterocycles. The average Bonchev–Trinajstić information content (AvgIpc) is 0.833. The van der Waals surface area contributed by atoms with E-state index in [1.807, 2.05) is 13.8 Å². The number of hydrogen-bond donors (Lipinski definition) is 19. The van der Waals surface area contributed by atoms with Gasteiger partial charge in [-0.1, -0.05) is 6.92 Å². The fraction of sp³-hybridized carbons (Fsp3) is 0.862. The smallest absolute Gasteiger partial charge is 0.245 e. The van der Waals surface area contributed by atoms with Crippen LogP contribution in [0.2, 0.25) is 0 Å². The van der Waals surface area contributed by atoms with E-state index in [1.54, 1.807) is 0 Å². The van der Waals surface area contributed by atoms with Gasteiger partial charge in [0.25, 0.3) is 0 Å². The topological polar surface area (TPSA) is 539 Å². The van der Waals surface area contributed by atoms with Gasteiger partial charge in [0, 0.05) is 111 Å². The molecule has 3 fully saturated rings. The van der Waals surface area contributed by atoms with E-state index in [0.717, 1.165) is 0 Å². The number of hydrogen-bond acceptors (Lipinski definition) is 28. The number of ether oxygens (including phenoxy) is 9. The van der Waals surface area contributed by atoms with Gasteiger partial charge in [0.1, 0.15) is 92.9 Å². The molecule has 0 aromatic carbocycles. The highest BCUT2D eigenvalue weighted by atomic mass is 16.7. The van der Waals surface area contributed by atoms with Gasteiger partial charge in [0.15, 0.2) is 18.9 Å².